The Morgan fingerprint density at radius 1 is 1.38 bits per heavy atom. The fraction of sp³-hybridized carbons (Fsp3) is 0. The average molecular weight is 309 g/mol. The van der Waals surface area contributed by atoms with Crippen molar-refractivity contribution < 1.29 is 9.72 Å². The zero-order chi connectivity index (χ0) is 10.0. The number of rotatable bonds is 2. The summed E-state index contributed by atoms with van der Waals surface area (Å²) in [6.07, 6.45) is 0.452. The van der Waals surface area contributed by atoms with Crippen molar-refractivity contribution in [3.05, 3.63) is 36.8 Å². The summed E-state index contributed by atoms with van der Waals surface area (Å²) in [4.78, 5) is 20.4. The molecule has 0 heterocycles. The molecule has 0 aliphatic heterocycles. The van der Waals surface area contributed by atoms with Gasteiger partial charge < -0.3 is 0 Å². The van der Waals surface area contributed by atoms with Gasteiger partial charge in [-0.25, -0.2) is 0 Å². The summed E-state index contributed by atoms with van der Waals surface area (Å²) in [5.41, 5.74) is -0.163. The highest BCUT2D eigenvalue weighted by atomic mass is 79.9. The quantitative estimate of drug-likeness (QED) is 0.479. The first-order chi connectivity index (χ1) is 6.06. The predicted molar refractivity (Wildman–Crippen MR) is 53.9 cm³/mol. The summed E-state index contributed by atoms with van der Waals surface area (Å²) in [7, 11) is 0. The maximum Gasteiger partial charge on any atom is 0.294 e. The Bertz CT molecular complexity index is 378. The predicted octanol–water partition coefficient (Wildman–Crippen LogP) is 2.93. The second-order valence-corrected chi connectivity index (χ2v) is 3.97. The summed E-state index contributed by atoms with van der Waals surface area (Å²) in [5, 5.41) is 10.5. The summed E-state index contributed by atoms with van der Waals surface area (Å²) in [6, 6.07) is 2.92. The van der Waals surface area contributed by atoms with Gasteiger partial charge in [0.2, 0.25) is 0 Å². The lowest BCUT2D eigenvalue weighted by Crippen LogP contribution is -1.95. The van der Waals surface area contributed by atoms with Gasteiger partial charge in [-0.2, -0.15) is 0 Å². The van der Waals surface area contributed by atoms with Gasteiger partial charge in [-0.15, -0.1) is 0 Å². The fourth-order valence-electron chi connectivity index (χ4n) is 0.868. The van der Waals surface area contributed by atoms with E-state index >= 15 is 0 Å². The van der Waals surface area contributed by atoms with Gasteiger partial charge in [-0.3, -0.25) is 14.9 Å². The number of aldehydes is 1. The molecule has 0 saturated heterocycles. The van der Waals surface area contributed by atoms with Crippen LogP contribution < -0.4 is 0 Å². The van der Waals surface area contributed by atoms with Crippen molar-refractivity contribution in [2.24, 2.45) is 0 Å². The van der Waals surface area contributed by atoms with Crippen LogP contribution in [0.5, 0.6) is 0 Å². The molecule has 0 saturated carbocycles. The van der Waals surface area contributed by atoms with Crippen LogP contribution in [0, 0.1) is 10.1 Å². The third-order valence-electron chi connectivity index (χ3n) is 1.37. The van der Waals surface area contributed by atoms with E-state index in [2.05, 4.69) is 31.9 Å². The van der Waals surface area contributed by atoms with E-state index in [4.69, 9.17) is 0 Å². The number of nitro groups is 1. The van der Waals surface area contributed by atoms with Crippen LogP contribution in [0.25, 0.3) is 0 Å². The number of carbonyl (C=O) groups excluding carboxylic acids is 1. The molecule has 0 aromatic heterocycles. The average Bonchev–Trinajstić information content (AvgIpc) is 2.01. The number of benzene rings is 1. The van der Waals surface area contributed by atoms with Crippen LogP contribution in [0.4, 0.5) is 5.69 Å². The molecule has 6 heteroatoms. The molecule has 1 aromatic rings. The molecule has 0 amide bonds. The minimum atomic E-state index is -0.597. The summed E-state index contributed by atoms with van der Waals surface area (Å²) in [5.74, 6) is 0. The number of halogens is 2. The number of hydrogen-bond acceptors (Lipinski definition) is 3. The first-order valence-corrected chi connectivity index (χ1v) is 4.73. The summed E-state index contributed by atoms with van der Waals surface area (Å²) < 4.78 is 0.904. The molecule has 0 bridgehead atoms. The van der Waals surface area contributed by atoms with Gasteiger partial charge in [-0.05, 0) is 28.1 Å². The van der Waals surface area contributed by atoms with Crippen LogP contribution in [-0.4, -0.2) is 11.2 Å². The monoisotopic (exact) mass is 307 g/mol. The first kappa shape index (κ1) is 10.3. The molecule has 13 heavy (non-hydrogen) atoms. The minimum absolute atomic E-state index is 0.0475. The van der Waals surface area contributed by atoms with Gasteiger partial charge >= 0.3 is 0 Å². The van der Waals surface area contributed by atoms with Crippen molar-refractivity contribution in [2.75, 3.05) is 0 Å². The molecule has 0 N–H and O–H groups in total. The Labute approximate surface area is 90.3 Å². The van der Waals surface area contributed by atoms with E-state index in [-0.39, 0.29) is 15.7 Å². The Hall–Kier alpha value is -0.750. The highest BCUT2D eigenvalue weighted by Gasteiger charge is 2.18. The first-order valence-electron chi connectivity index (χ1n) is 3.15. The standard InChI is InChI=1S/C7H3Br2NO3/c8-5-1-4(3-11)7(10(12)13)6(9)2-5/h1-3H. The molecule has 1 aromatic carbocycles. The summed E-state index contributed by atoms with van der Waals surface area (Å²) in [6.45, 7) is 0. The smallest absolute Gasteiger partial charge is 0.294 e. The van der Waals surface area contributed by atoms with E-state index in [1.54, 1.807) is 0 Å². The third-order valence-corrected chi connectivity index (χ3v) is 2.43. The molecule has 0 atom stereocenters. The fourth-order valence-corrected chi connectivity index (χ4v) is 2.27. The van der Waals surface area contributed by atoms with Crippen molar-refractivity contribution in [1.29, 1.82) is 0 Å². The van der Waals surface area contributed by atoms with Crippen molar-refractivity contribution in [3.63, 3.8) is 0 Å². The SMILES string of the molecule is O=Cc1cc(Br)cc(Br)c1[N+](=O)[O-]. The van der Waals surface area contributed by atoms with E-state index in [9.17, 15) is 14.9 Å². The lowest BCUT2D eigenvalue weighted by Gasteiger charge is -1.99. The molecular weight excluding hydrogens is 306 g/mol. The molecule has 4 nitrogen and oxygen atoms in total. The molecular formula is C7H3Br2NO3. The molecule has 68 valence electrons. The topological polar surface area (TPSA) is 60.2 Å². The maximum absolute atomic E-state index is 10.5. The van der Waals surface area contributed by atoms with Crippen molar-refractivity contribution in [3.8, 4) is 0 Å². The zero-order valence-corrected chi connectivity index (χ0v) is 9.33. The van der Waals surface area contributed by atoms with Crippen LogP contribution in [0.1, 0.15) is 10.4 Å². The van der Waals surface area contributed by atoms with E-state index in [1.165, 1.54) is 12.1 Å². The van der Waals surface area contributed by atoms with Crippen LogP contribution in [0.15, 0.2) is 21.1 Å². The van der Waals surface area contributed by atoms with Gasteiger partial charge in [-0.1, -0.05) is 15.9 Å². The van der Waals surface area contributed by atoms with E-state index < -0.39 is 4.92 Å². The van der Waals surface area contributed by atoms with Crippen molar-refractivity contribution in [2.45, 2.75) is 0 Å². The molecule has 0 spiro atoms. The lowest BCUT2D eigenvalue weighted by molar-refractivity contribution is -0.385. The van der Waals surface area contributed by atoms with E-state index in [0.717, 1.165) is 0 Å². The molecule has 0 unspecified atom stereocenters. The molecule has 1 rings (SSSR count). The number of hydrogen-bond donors (Lipinski definition) is 0. The molecule has 0 fully saturated rings. The second kappa shape index (κ2) is 3.97. The van der Waals surface area contributed by atoms with Crippen LogP contribution in [0.2, 0.25) is 0 Å². The van der Waals surface area contributed by atoms with Crippen molar-refractivity contribution >= 4 is 43.8 Å². The Balaban J connectivity index is 3.47. The third kappa shape index (κ3) is 2.13. The normalized spacial score (nSPS) is 9.69. The van der Waals surface area contributed by atoms with Gasteiger partial charge in [0.05, 0.1) is 15.0 Å². The minimum Gasteiger partial charge on any atom is -0.298 e. The van der Waals surface area contributed by atoms with Crippen LogP contribution in [0.3, 0.4) is 0 Å². The molecule has 0 aliphatic carbocycles. The second-order valence-electron chi connectivity index (χ2n) is 2.20. The molecule has 0 radical (unpaired) electrons. The summed E-state index contributed by atoms with van der Waals surface area (Å²) >= 11 is 6.13. The number of nitrogens with zero attached hydrogens (tertiary/aromatic N) is 1. The van der Waals surface area contributed by atoms with Crippen LogP contribution in [-0.2, 0) is 0 Å². The highest BCUT2D eigenvalue weighted by Crippen LogP contribution is 2.31. The van der Waals surface area contributed by atoms with Gasteiger partial charge in [0.25, 0.3) is 5.69 Å². The largest absolute Gasteiger partial charge is 0.298 e. The Morgan fingerprint density at radius 2 is 2.00 bits per heavy atom. The van der Waals surface area contributed by atoms with E-state index in [0.29, 0.717) is 10.8 Å². The van der Waals surface area contributed by atoms with Gasteiger partial charge in [0, 0.05) is 4.47 Å². The number of nitro benzene ring substituents is 1. The number of carbonyl (C=O) groups is 1. The van der Waals surface area contributed by atoms with Crippen molar-refractivity contribution in [1.82, 2.24) is 0 Å². The van der Waals surface area contributed by atoms with E-state index in [1.807, 2.05) is 0 Å². The Morgan fingerprint density at radius 3 is 2.46 bits per heavy atom. The zero-order valence-electron chi connectivity index (χ0n) is 6.16. The highest BCUT2D eigenvalue weighted by molar-refractivity contribution is 9.11. The van der Waals surface area contributed by atoms with Crippen LogP contribution >= 0.6 is 31.9 Å². The lowest BCUT2D eigenvalue weighted by atomic mass is 10.2. The maximum atomic E-state index is 10.5. The van der Waals surface area contributed by atoms with Gasteiger partial charge in [0.1, 0.15) is 0 Å². The van der Waals surface area contributed by atoms with Gasteiger partial charge in [0.15, 0.2) is 6.29 Å². The molecule has 0 aliphatic rings. The Kier molecular flexibility index (Phi) is 3.16.